The molecule has 3 saturated carbocycles. The molecule has 3 N–H and O–H groups in total. The molecular formula is C21H28Cl2N4O2. The second-order valence-electron chi connectivity index (χ2n) is 9.59. The van der Waals surface area contributed by atoms with Crippen molar-refractivity contribution in [1.29, 1.82) is 0 Å². The number of nitrogens with one attached hydrogen (secondary N) is 1. The zero-order valence-corrected chi connectivity index (χ0v) is 18.2. The van der Waals surface area contributed by atoms with E-state index >= 15 is 0 Å². The molecule has 29 heavy (non-hydrogen) atoms. The van der Waals surface area contributed by atoms with Crippen molar-refractivity contribution in [2.75, 3.05) is 11.2 Å². The van der Waals surface area contributed by atoms with Gasteiger partial charge in [0, 0.05) is 23.4 Å². The van der Waals surface area contributed by atoms with Gasteiger partial charge in [0.1, 0.15) is 16.8 Å². The van der Waals surface area contributed by atoms with Crippen molar-refractivity contribution in [1.82, 2.24) is 14.5 Å². The number of pyridine rings is 1. The van der Waals surface area contributed by atoms with E-state index in [4.69, 9.17) is 23.2 Å². The number of aliphatic hydroxyl groups excluding tert-OH is 2. The fraction of sp³-hybridized carbons (Fsp3) is 0.714. The molecule has 4 unspecified atom stereocenters. The van der Waals surface area contributed by atoms with Crippen molar-refractivity contribution in [3.8, 4) is 0 Å². The number of aromatic nitrogens is 3. The summed E-state index contributed by atoms with van der Waals surface area (Å²) < 4.78 is 1.94. The summed E-state index contributed by atoms with van der Waals surface area (Å²) in [4.78, 5) is 9.16. The van der Waals surface area contributed by atoms with Gasteiger partial charge in [-0.1, -0.05) is 31.9 Å². The molecule has 3 aliphatic carbocycles. The minimum absolute atomic E-state index is 0.0451. The van der Waals surface area contributed by atoms with Crippen LogP contribution in [0.1, 0.15) is 45.6 Å². The van der Waals surface area contributed by atoms with Crippen LogP contribution >= 0.6 is 23.2 Å². The Morgan fingerprint density at radius 1 is 1.31 bits per heavy atom. The monoisotopic (exact) mass is 438 g/mol. The van der Waals surface area contributed by atoms with E-state index in [9.17, 15) is 10.2 Å². The van der Waals surface area contributed by atoms with E-state index in [2.05, 4.69) is 15.3 Å². The zero-order chi connectivity index (χ0) is 20.5. The SMILES string of the molecule is C[C@@H]1[C@@H](n2cnc3c(NC4CC5CCC4C5)nc(Cl)cc32)[C@H](O)[C@H](O)C1(C)CCl. The lowest BCUT2D eigenvalue weighted by atomic mass is 9.80. The van der Waals surface area contributed by atoms with Gasteiger partial charge in [-0.05, 0) is 37.0 Å². The number of fused-ring (bicyclic) bond motifs is 3. The number of rotatable bonds is 4. The van der Waals surface area contributed by atoms with Crippen LogP contribution in [0.15, 0.2) is 12.4 Å². The third-order valence-electron chi connectivity index (χ3n) is 8.10. The molecule has 158 valence electrons. The van der Waals surface area contributed by atoms with Crippen molar-refractivity contribution >= 4 is 40.1 Å². The van der Waals surface area contributed by atoms with Crippen LogP contribution in [-0.4, -0.2) is 48.9 Å². The zero-order valence-electron chi connectivity index (χ0n) is 16.7. The van der Waals surface area contributed by atoms with Crippen LogP contribution < -0.4 is 5.32 Å². The molecule has 8 atom stereocenters. The minimum atomic E-state index is -0.930. The first-order valence-corrected chi connectivity index (χ1v) is 11.5. The number of nitrogens with zero attached hydrogens (tertiary/aromatic N) is 3. The van der Waals surface area contributed by atoms with Crippen LogP contribution in [0.4, 0.5) is 5.82 Å². The van der Waals surface area contributed by atoms with Crippen LogP contribution in [0.2, 0.25) is 5.15 Å². The number of anilines is 1. The average molecular weight is 439 g/mol. The van der Waals surface area contributed by atoms with Crippen LogP contribution in [0.5, 0.6) is 0 Å². The van der Waals surface area contributed by atoms with Gasteiger partial charge in [0.15, 0.2) is 5.82 Å². The Morgan fingerprint density at radius 2 is 2.10 bits per heavy atom. The quantitative estimate of drug-likeness (QED) is 0.498. The van der Waals surface area contributed by atoms with Crippen molar-refractivity contribution in [2.24, 2.45) is 23.2 Å². The summed E-state index contributed by atoms with van der Waals surface area (Å²) in [5.41, 5.74) is 0.992. The van der Waals surface area contributed by atoms with Gasteiger partial charge < -0.3 is 20.1 Å². The van der Waals surface area contributed by atoms with E-state index in [1.165, 1.54) is 25.7 Å². The van der Waals surface area contributed by atoms with Crippen molar-refractivity contribution in [3.05, 3.63) is 17.5 Å². The molecule has 5 rings (SSSR count). The molecule has 2 heterocycles. The fourth-order valence-corrected chi connectivity index (χ4v) is 6.66. The number of hydrogen-bond donors (Lipinski definition) is 3. The standard InChI is InChI=1S/C21H28Cl2N4O2/c1-10-17(18(28)19(29)21(10,2)8-22)27-9-24-16-14(27)7-15(23)26-20(16)25-13-6-11-3-4-12(13)5-11/h7,9-13,17-19,28-29H,3-6,8H2,1-2H3,(H,25,26)/t10-,11?,12?,13?,17-,18+,19+,21?/m1/s1. The maximum atomic E-state index is 10.8. The number of imidazole rings is 1. The van der Waals surface area contributed by atoms with Gasteiger partial charge in [0.2, 0.25) is 0 Å². The molecule has 3 aliphatic rings. The maximum Gasteiger partial charge on any atom is 0.156 e. The second kappa shape index (κ2) is 6.98. The van der Waals surface area contributed by atoms with E-state index < -0.39 is 17.6 Å². The number of halogens is 2. The van der Waals surface area contributed by atoms with Gasteiger partial charge >= 0.3 is 0 Å². The lowest BCUT2D eigenvalue weighted by Gasteiger charge is -2.31. The van der Waals surface area contributed by atoms with Crippen molar-refractivity contribution in [2.45, 2.75) is 63.8 Å². The summed E-state index contributed by atoms with van der Waals surface area (Å²) in [5, 5.41) is 25.5. The summed E-state index contributed by atoms with van der Waals surface area (Å²) in [6.07, 6.45) is 5.00. The Hall–Kier alpha value is -1.08. The van der Waals surface area contributed by atoms with Crippen molar-refractivity contribution in [3.63, 3.8) is 0 Å². The molecule has 2 bridgehead atoms. The van der Waals surface area contributed by atoms with Gasteiger partial charge in [-0.25, -0.2) is 9.97 Å². The first kappa shape index (κ1) is 19.9. The lowest BCUT2D eigenvalue weighted by Crippen LogP contribution is -2.37. The predicted octanol–water partition coefficient (Wildman–Crippen LogP) is 3.84. The highest BCUT2D eigenvalue weighted by Gasteiger charge is 2.55. The predicted molar refractivity (Wildman–Crippen MR) is 114 cm³/mol. The Kier molecular flexibility index (Phi) is 4.78. The molecule has 8 heteroatoms. The van der Waals surface area contributed by atoms with E-state index in [-0.39, 0.29) is 17.8 Å². The molecular weight excluding hydrogens is 411 g/mol. The average Bonchev–Trinajstić information content (AvgIpc) is 3.45. The van der Waals surface area contributed by atoms with Crippen LogP contribution in [0, 0.1) is 23.2 Å². The molecule has 0 aromatic carbocycles. The van der Waals surface area contributed by atoms with Gasteiger partial charge in [0.05, 0.1) is 24.0 Å². The summed E-state index contributed by atoms with van der Waals surface area (Å²) in [5.74, 6) is 2.47. The topological polar surface area (TPSA) is 83.2 Å². The molecule has 0 spiro atoms. The Bertz CT molecular complexity index is 937. The number of hydrogen-bond acceptors (Lipinski definition) is 5. The highest BCUT2D eigenvalue weighted by atomic mass is 35.5. The molecule has 0 saturated heterocycles. The van der Waals surface area contributed by atoms with Crippen LogP contribution in [0.3, 0.4) is 0 Å². The van der Waals surface area contributed by atoms with E-state index in [0.717, 1.165) is 17.0 Å². The smallest absolute Gasteiger partial charge is 0.156 e. The maximum absolute atomic E-state index is 10.8. The number of aliphatic hydroxyl groups is 2. The van der Waals surface area contributed by atoms with E-state index in [1.54, 1.807) is 12.4 Å². The molecule has 6 nitrogen and oxygen atoms in total. The minimum Gasteiger partial charge on any atom is -0.390 e. The van der Waals surface area contributed by atoms with Gasteiger partial charge in [-0.2, -0.15) is 0 Å². The summed E-state index contributed by atoms with van der Waals surface area (Å²) >= 11 is 12.6. The third kappa shape index (κ3) is 2.90. The van der Waals surface area contributed by atoms with E-state index in [1.807, 2.05) is 18.4 Å². The van der Waals surface area contributed by atoms with Gasteiger partial charge in [0.25, 0.3) is 0 Å². The highest BCUT2D eigenvalue weighted by Crippen LogP contribution is 2.51. The summed E-state index contributed by atoms with van der Waals surface area (Å²) in [6.45, 7) is 3.95. The molecule has 2 aromatic rings. The molecule has 0 radical (unpaired) electrons. The normalized spacial score (nSPS) is 41.5. The van der Waals surface area contributed by atoms with Crippen molar-refractivity contribution < 1.29 is 10.2 Å². The first-order valence-electron chi connectivity index (χ1n) is 10.5. The Balaban J connectivity index is 1.53. The molecule has 3 fully saturated rings. The Labute approximate surface area is 180 Å². The summed E-state index contributed by atoms with van der Waals surface area (Å²) in [7, 11) is 0. The first-order chi connectivity index (χ1) is 13.8. The summed E-state index contributed by atoms with van der Waals surface area (Å²) in [6, 6.07) is 1.87. The highest BCUT2D eigenvalue weighted by molar-refractivity contribution is 6.30. The van der Waals surface area contributed by atoms with Crippen LogP contribution in [0.25, 0.3) is 11.0 Å². The lowest BCUT2D eigenvalue weighted by molar-refractivity contribution is -0.0166. The van der Waals surface area contributed by atoms with Gasteiger partial charge in [-0.3, -0.25) is 0 Å². The Morgan fingerprint density at radius 3 is 2.72 bits per heavy atom. The third-order valence-corrected chi connectivity index (χ3v) is 8.87. The molecule has 0 amide bonds. The largest absolute Gasteiger partial charge is 0.390 e. The molecule has 0 aliphatic heterocycles. The second-order valence-corrected chi connectivity index (χ2v) is 10.2. The van der Waals surface area contributed by atoms with Crippen LogP contribution in [-0.2, 0) is 0 Å². The molecule has 2 aromatic heterocycles. The fourth-order valence-electron chi connectivity index (χ4n) is 6.07. The van der Waals surface area contributed by atoms with E-state index in [0.29, 0.717) is 22.9 Å². The number of alkyl halides is 1. The van der Waals surface area contributed by atoms with Gasteiger partial charge in [-0.15, -0.1) is 11.6 Å².